The first kappa shape index (κ1) is 24.6. The van der Waals surface area contributed by atoms with Crippen LogP contribution in [0.1, 0.15) is 44.6 Å². The van der Waals surface area contributed by atoms with E-state index >= 15 is 0 Å². The summed E-state index contributed by atoms with van der Waals surface area (Å²) >= 11 is 0. The molecule has 0 unspecified atom stereocenters. The van der Waals surface area contributed by atoms with Crippen LogP contribution in [0.25, 0.3) is 0 Å². The fourth-order valence-corrected chi connectivity index (χ4v) is 4.25. The topological polar surface area (TPSA) is 63.0 Å². The van der Waals surface area contributed by atoms with Crippen LogP contribution in [0.15, 0.2) is 36.7 Å². The van der Waals surface area contributed by atoms with Crippen LogP contribution in [-0.2, 0) is 13.1 Å². The summed E-state index contributed by atoms with van der Waals surface area (Å²) in [5.74, 6) is 1.40. The van der Waals surface area contributed by atoms with Gasteiger partial charge in [0.25, 0.3) is 0 Å². The molecule has 1 aliphatic rings. The molecule has 0 spiro atoms. The van der Waals surface area contributed by atoms with Crippen molar-refractivity contribution in [2.45, 2.75) is 58.2 Å². The third kappa shape index (κ3) is 8.11. The molecule has 2 aromatic rings. The summed E-state index contributed by atoms with van der Waals surface area (Å²) in [4.78, 5) is 4.75. The summed E-state index contributed by atoms with van der Waals surface area (Å²) in [7, 11) is 1.66. The zero-order valence-electron chi connectivity index (χ0n) is 19.8. The number of likely N-dealkylation sites (tertiary alicyclic amines) is 1. The van der Waals surface area contributed by atoms with Crippen molar-refractivity contribution in [3.05, 3.63) is 42.2 Å². The van der Waals surface area contributed by atoms with Gasteiger partial charge in [0.2, 0.25) is 0 Å². The molecule has 0 aliphatic carbocycles. The van der Waals surface area contributed by atoms with E-state index in [-0.39, 0.29) is 6.61 Å². The molecule has 1 fully saturated rings. The predicted octanol–water partition coefficient (Wildman–Crippen LogP) is 3.42. The lowest BCUT2D eigenvalue weighted by molar-refractivity contribution is 0.0645. The molecule has 0 bridgehead atoms. The van der Waals surface area contributed by atoms with E-state index < -0.39 is 6.10 Å². The summed E-state index contributed by atoms with van der Waals surface area (Å²) in [5, 5.41) is 14.8. The standard InChI is InChI=1S/C25H40N4O3/c1-3-27(16-17-29-15-9-12-26-29)19-22-10-11-24(25(18-22)31-2)32-21-23(30)20-28-13-7-5-4-6-8-14-28/h9-12,15,18,23,30H,3-8,13-14,16-17,19-21H2,1-2H3/t23-/m0/s1. The van der Waals surface area contributed by atoms with Crippen molar-refractivity contribution in [1.82, 2.24) is 19.6 Å². The number of benzene rings is 1. The van der Waals surface area contributed by atoms with Gasteiger partial charge in [-0.25, -0.2) is 0 Å². The Hall–Kier alpha value is -2.09. The molecule has 3 rings (SSSR count). The minimum Gasteiger partial charge on any atom is -0.493 e. The number of ether oxygens (including phenoxy) is 2. The summed E-state index contributed by atoms with van der Waals surface area (Å²) in [6.07, 6.45) is 9.68. The van der Waals surface area contributed by atoms with Crippen LogP contribution in [0.5, 0.6) is 11.5 Å². The normalized spacial score (nSPS) is 16.5. The van der Waals surface area contributed by atoms with Crippen molar-refractivity contribution >= 4 is 0 Å². The molecule has 1 saturated heterocycles. The molecule has 1 aromatic heterocycles. The molecule has 1 N–H and O–H groups in total. The molecular formula is C25H40N4O3. The van der Waals surface area contributed by atoms with Crippen molar-refractivity contribution in [2.75, 3.05) is 46.4 Å². The fourth-order valence-electron chi connectivity index (χ4n) is 4.25. The Labute approximate surface area is 192 Å². The highest BCUT2D eigenvalue weighted by atomic mass is 16.5. The van der Waals surface area contributed by atoms with Gasteiger partial charge in [-0.1, -0.05) is 32.3 Å². The van der Waals surface area contributed by atoms with Gasteiger partial charge < -0.3 is 19.5 Å². The van der Waals surface area contributed by atoms with Crippen molar-refractivity contribution < 1.29 is 14.6 Å². The second-order valence-corrected chi connectivity index (χ2v) is 8.66. The van der Waals surface area contributed by atoms with Gasteiger partial charge in [-0.2, -0.15) is 5.10 Å². The predicted molar refractivity (Wildman–Crippen MR) is 127 cm³/mol. The van der Waals surface area contributed by atoms with E-state index in [2.05, 4.69) is 27.9 Å². The molecule has 7 nitrogen and oxygen atoms in total. The number of methoxy groups -OCH3 is 1. The molecule has 1 aromatic carbocycles. The third-order valence-corrected chi connectivity index (χ3v) is 6.13. The number of nitrogens with zero attached hydrogens (tertiary/aromatic N) is 4. The molecule has 2 heterocycles. The summed E-state index contributed by atoms with van der Waals surface area (Å²) < 4.78 is 13.5. The van der Waals surface area contributed by atoms with Gasteiger partial charge in [0.1, 0.15) is 12.7 Å². The smallest absolute Gasteiger partial charge is 0.161 e. The first-order valence-corrected chi connectivity index (χ1v) is 12.1. The Morgan fingerprint density at radius 3 is 2.59 bits per heavy atom. The van der Waals surface area contributed by atoms with Gasteiger partial charge in [0, 0.05) is 32.0 Å². The van der Waals surface area contributed by atoms with Gasteiger partial charge >= 0.3 is 0 Å². The Kier molecular flexibility index (Phi) is 10.3. The minimum absolute atomic E-state index is 0.275. The summed E-state index contributed by atoms with van der Waals surface area (Å²) in [6, 6.07) is 8.03. The Balaban J connectivity index is 1.49. The molecule has 1 aliphatic heterocycles. The lowest BCUT2D eigenvalue weighted by Gasteiger charge is -2.27. The lowest BCUT2D eigenvalue weighted by atomic mass is 10.1. The van der Waals surface area contributed by atoms with Gasteiger partial charge in [0.05, 0.1) is 13.7 Å². The Bertz CT molecular complexity index is 761. The Morgan fingerprint density at radius 1 is 1.12 bits per heavy atom. The highest BCUT2D eigenvalue weighted by Crippen LogP contribution is 2.29. The summed E-state index contributed by atoms with van der Waals surface area (Å²) in [5.41, 5.74) is 1.18. The van der Waals surface area contributed by atoms with Crippen LogP contribution in [0.3, 0.4) is 0 Å². The van der Waals surface area contributed by atoms with Crippen LogP contribution in [0.2, 0.25) is 0 Å². The maximum absolute atomic E-state index is 10.5. The van der Waals surface area contributed by atoms with Crippen molar-refractivity contribution in [1.29, 1.82) is 0 Å². The third-order valence-electron chi connectivity index (χ3n) is 6.13. The van der Waals surface area contributed by atoms with E-state index in [9.17, 15) is 5.11 Å². The molecule has 7 heteroatoms. The molecule has 1 atom stereocenters. The maximum Gasteiger partial charge on any atom is 0.161 e. The quantitative estimate of drug-likeness (QED) is 0.541. The zero-order valence-corrected chi connectivity index (χ0v) is 19.8. The van der Waals surface area contributed by atoms with Crippen LogP contribution >= 0.6 is 0 Å². The molecule has 0 amide bonds. The molecule has 0 saturated carbocycles. The van der Waals surface area contributed by atoms with Crippen LogP contribution < -0.4 is 9.47 Å². The van der Waals surface area contributed by atoms with E-state index in [1.807, 2.05) is 35.3 Å². The largest absolute Gasteiger partial charge is 0.493 e. The zero-order chi connectivity index (χ0) is 22.6. The first-order valence-electron chi connectivity index (χ1n) is 12.1. The van der Waals surface area contributed by atoms with Gasteiger partial charge in [-0.3, -0.25) is 9.58 Å². The second kappa shape index (κ2) is 13.5. The average molecular weight is 445 g/mol. The maximum atomic E-state index is 10.5. The average Bonchev–Trinajstić information content (AvgIpc) is 3.31. The van der Waals surface area contributed by atoms with Crippen molar-refractivity contribution in [3.63, 3.8) is 0 Å². The molecular weight excluding hydrogens is 404 g/mol. The fraction of sp³-hybridized carbons (Fsp3) is 0.640. The van der Waals surface area contributed by atoms with Crippen molar-refractivity contribution in [2.24, 2.45) is 0 Å². The number of rotatable bonds is 12. The minimum atomic E-state index is -0.503. The van der Waals surface area contributed by atoms with E-state index in [0.29, 0.717) is 18.0 Å². The number of β-amino-alcohol motifs (C(OH)–C–C–N with tert-alkyl or cyclic N) is 1. The number of hydrogen-bond acceptors (Lipinski definition) is 6. The number of aromatic nitrogens is 2. The highest BCUT2D eigenvalue weighted by molar-refractivity contribution is 5.43. The van der Waals surface area contributed by atoms with E-state index in [1.165, 1.54) is 37.7 Å². The van der Waals surface area contributed by atoms with E-state index in [1.54, 1.807) is 7.11 Å². The first-order chi connectivity index (χ1) is 15.7. The molecule has 178 valence electrons. The van der Waals surface area contributed by atoms with Crippen LogP contribution in [0.4, 0.5) is 0 Å². The molecule has 0 radical (unpaired) electrons. The van der Waals surface area contributed by atoms with Gasteiger partial charge in [-0.05, 0) is 56.2 Å². The van der Waals surface area contributed by atoms with Crippen LogP contribution in [0, 0.1) is 0 Å². The Morgan fingerprint density at radius 2 is 1.91 bits per heavy atom. The van der Waals surface area contributed by atoms with E-state index in [4.69, 9.17) is 9.47 Å². The monoisotopic (exact) mass is 444 g/mol. The van der Waals surface area contributed by atoms with Gasteiger partial charge in [0.15, 0.2) is 11.5 Å². The van der Waals surface area contributed by atoms with Gasteiger partial charge in [-0.15, -0.1) is 0 Å². The highest BCUT2D eigenvalue weighted by Gasteiger charge is 2.15. The molecule has 32 heavy (non-hydrogen) atoms. The summed E-state index contributed by atoms with van der Waals surface area (Å²) in [6.45, 7) is 8.86. The number of aliphatic hydroxyl groups is 1. The van der Waals surface area contributed by atoms with E-state index in [0.717, 1.165) is 39.3 Å². The van der Waals surface area contributed by atoms with Crippen LogP contribution in [-0.4, -0.2) is 77.2 Å². The SMILES string of the molecule is CCN(CCn1cccn1)Cc1ccc(OC[C@@H](O)CN2CCCCCCC2)c(OC)c1. The van der Waals surface area contributed by atoms with Crippen molar-refractivity contribution in [3.8, 4) is 11.5 Å². The second-order valence-electron chi connectivity index (χ2n) is 8.66. The number of hydrogen-bond donors (Lipinski definition) is 1. The number of likely N-dealkylation sites (N-methyl/N-ethyl adjacent to an activating group) is 1. The lowest BCUT2D eigenvalue weighted by Crippen LogP contribution is -2.37. The number of aliphatic hydroxyl groups excluding tert-OH is 1.